The van der Waals surface area contributed by atoms with Crippen molar-refractivity contribution in [2.75, 3.05) is 0 Å². The third-order valence-corrected chi connectivity index (χ3v) is 4.86. The molecule has 2 aromatic heterocycles. The average molecular weight is 336 g/mol. The molecule has 2 heterocycles. The standard InChI is InChI=1S/C19H20N4O2/c1-3-23-18-13(10-20-23)8-15(11(2)21-18)19(25)22-16-9-12-6-4-5-7-14(12)17(16)24/h4-8,10,16-17,24H,3,9H2,1-2H3,(H,22,25). The Morgan fingerprint density at radius 2 is 2.20 bits per heavy atom. The van der Waals surface area contributed by atoms with Crippen molar-refractivity contribution < 1.29 is 9.90 Å². The first-order chi connectivity index (χ1) is 12.1. The van der Waals surface area contributed by atoms with Crippen LogP contribution in [0.15, 0.2) is 36.5 Å². The SMILES string of the molecule is CCn1ncc2cc(C(=O)NC3Cc4ccccc4C3O)c(C)nc21. The summed E-state index contributed by atoms with van der Waals surface area (Å²) in [6.45, 7) is 4.55. The first-order valence-corrected chi connectivity index (χ1v) is 8.48. The van der Waals surface area contributed by atoms with E-state index in [0.717, 1.165) is 28.7 Å². The Kier molecular flexibility index (Phi) is 3.77. The second-order valence-electron chi connectivity index (χ2n) is 6.42. The molecule has 2 unspecified atom stereocenters. The summed E-state index contributed by atoms with van der Waals surface area (Å²) in [6.07, 6.45) is 1.67. The fourth-order valence-electron chi connectivity index (χ4n) is 3.51. The third-order valence-electron chi connectivity index (χ3n) is 4.86. The van der Waals surface area contributed by atoms with E-state index in [4.69, 9.17) is 0 Å². The van der Waals surface area contributed by atoms with Gasteiger partial charge in [0.15, 0.2) is 5.65 Å². The molecule has 128 valence electrons. The summed E-state index contributed by atoms with van der Waals surface area (Å²) >= 11 is 0. The van der Waals surface area contributed by atoms with Crippen LogP contribution in [-0.4, -0.2) is 31.8 Å². The van der Waals surface area contributed by atoms with Gasteiger partial charge in [0, 0.05) is 11.9 Å². The minimum atomic E-state index is -0.681. The molecule has 2 N–H and O–H groups in total. The van der Waals surface area contributed by atoms with E-state index in [9.17, 15) is 9.90 Å². The molecule has 0 saturated heterocycles. The highest BCUT2D eigenvalue weighted by molar-refractivity contribution is 5.98. The van der Waals surface area contributed by atoms with Crippen LogP contribution in [0.1, 0.15) is 40.2 Å². The van der Waals surface area contributed by atoms with E-state index >= 15 is 0 Å². The van der Waals surface area contributed by atoms with E-state index in [2.05, 4.69) is 15.4 Å². The van der Waals surface area contributed by atoms with E-state index < -0.39 is 6.10 Å². The molecule has 1 aliphatic rings. The summed E-state index contributed by atoms with van der Waals surface area (Å²) in [6, 6.07) is 9.24. The van der Waals surface area contributed by atoms with Crippen LogP contribution in [0.3, 0.4) is 0 Å². The molecule has 0 saturated carbocycles. The van der Waals surface area contributed by atoms with E-state index in [1.165, 1.54) is 0 Å². The first-order valence-electron chi connectivity index (χ1n) is 8.48. The molecule has 1 amide bonds. The Bertz CT molecular complexity index is 963. The number of carbonyl (C=O) groups excluding carboxylic acids is 1. The summed E-state index contributed by atoms with van der Waals surface area (Å²) in [5, 5.41) is 18.6. The molecule has 6 nitrogen and oxygen atoms in total. The van der Waals surface area contributed by atoms with E-state index in [0.29, 0.717) is 17.7 Å². The quantitative estimate of drug-likeness (QED) is 0.768. The van der Waals surface area contributed by atoms with Crippen LogP contribution in [0.25, 0.3) is 11.0 Å². The van der Waals surface area contributed by atoms with E-state index in [1.54, 1.807) is 10.9 Å². The zero-order valence-electron chi connectivity index (χ0n) is 14.2. The van der Waals surface area contributed by atoms with Gasteiger partial charge in [-0.3, -0.25) is 4.79 Å². The van der Waals surface area contributed by atoms with Gasteiger partial charge in [-0.05, 0) is 37.5 Å². The summed E-state index contributed by atoms with van der Waals surface area (Å²) in [5.74, 6) is -0.215. The number of hydrogen-bond acceptors (Lipinski definition) is 4. The van der Waals surface area contributed by atoms with Gasteiger partial charge in [0.05, 0.1) is 29.6 Å². The van der Waals surface area contributed by atoms with Crippen LogP contribution < -0.4 is 5.32 Å². The number of nitrogens with one attached hydrogen (secondary N) is 1. The Labute approximate surface area is 145 Å². The van der Waals surface area contributed by atoms with Crippen LogP contribution in [0.4, 0.5) is 0 Å². The fourth-order valence-corrected chi connectivity index (χ4v) is 3.51. The zero-order chi connectivity index (χ0) is 17.6. The number of pyridine rings is 1. The Hall–Kier alpha value is -2.73. The lowest BCUT2D eigenvalue weighted by Gasteiger charge is -2.17. The second-order valence-corrected chi connectivity index (χ2v) is 6.42. The molecule has 0 fully saturated rings. The highest BCUT2D eigenvalue weighted by atomic mass is 16.3. The zero-order valence-corrected chi connectivity index (χ0v) is 14.2. The van der Waals surface area contributed by atoms with Gasteiger partial charge < -0.3 is 10.4 Å². The minimum absolute atomic E-state index is 0.215. The second kappa shape index (κ2) is 5.97. The smallest absolute Gasteiger partial charge is 0.253 e. The molecule has 0 radical (unpaired) electrons. The van der Waals surface area contributed by atoms with Gasteiger partial charge >= 0.3 is 0 Å². The monoisotopic (exact) mass is 336 g/mol. The number of fused-ring (bicyclic) bond motifs is 2. The highest BCUT2D eigenvalue weighted by Crippen LogP contribution is 2.31. The number of rotatable bonds is 3. The van der Waals surface area contributed by atoms with Gasteiger partial charge in [0.25, 0.3) is 5.91 Å². The number of aliphatic hydroxyl groups excluding tert-OH is 1. The predicted molar refractivity (Wildman–Crippen MR) is 94.3 cm³/mol. The first kappa shape index (κ1) is 15.8. The number of aryl methyl sites for hydroxylation is 2. The lowest BCUT2D eigenvalue weighted by molar-refractivity contribution is 0.0857. The predicted octanol–water partition coefficient (Wildman–Crippen LogP) is 2.15. The summed E-state index contributed by atoms with van der Waals surface area (Å²) in [5.41, 5.74) is 3.93. The Morgan fingerprint density at radius 1 is 1.40 bits per heavy atom. The van der Waals surface area contributed by atoms with Crippen molar-refractivity contribution in [2.45, 2.75) is 39.0 Å². The van der Waals surface area contributed by atoms with Crippen LogP contribution >= 0.6 is 0 Å². The molecule has 4 rings (SSSR count). The van der Waals surface area contributed by atoms with Gasteiger partial charge in [0.1, 0.15) is 0 Å². The van der Waals surface area contributed by atoms with Crippen LogP contribution in [0.5, 0.6) is 0 Å². The van der Waals surface area contributed by atoms with Gasteiger partial charge in [-0.1, -0.05) is 24.3 Å². The Morgan fingerprint density at radius 3 is 2.96 bits per heavy atom. The third kappa shape index (κ3) is 2.59. The maximum Gasteiger partial charge on any atom is 0.253 e. The normalized spacial score (nSPS) is 19.2. The van der Waals surface area contributed by atoms with Crippen molar-refractivity contribution in [3.63, 3.8) is 0 Å². The van der Waals surface area contributed by atoms with Crippen molar-refractivity contribution in [1.29, 1.82) is 0 Å². The summed E-state index contributed by atoms with van der Waals surface area (Å²) in [7, 11) is 0. The molecule has 25 heavy (non-hydrogen) atoms. The highest BCUT2D eigenvalue weighted by Gasteiger charge is 2.32. The van der Waals surface area contributed by atoms with E-state index in [-0.39, 0.29) is 11.9 Å². The molecular weight excluding hydrogens is 316 g/mol. The van der Waals surface area contributed by atoms with Gasteiger partial charge in [-0.2, -0.15) is 5.10 Å². The number of benzene rings is 1. The number of hydrogen-bond donors (Lipinski definition) is 2. The molecule has 0 aliphatic heterocycles. The van der Waals surface area contributed by atoms with Crippen LogP contribution in [-0.2, 0) is 13.0 Å². The lowest BCUT2D eigenvalue weighted by atomic mass is 10.1. The van der Waals surface area contributed by atoms with Crippen LogP contribution in [0.2, 0.25) is 0 Å². The molecule has 0 bridgehead atoms. The van der Waals surface area contributed by atoms with Crippen molar-refractivity contribution in [1.82, 2.24) is 20.1 Å². The summed E-state index contributed by atoms with van der Waals surface area (Å²) in [4.78, 5) is 17.3. The number of nitrogens with zero attached hydrogens (tertiary/aromatic N) is 3. The van der Waals surface area contributed by atoms with Crippen molar-refractivity contribution in [3.8, 4) is 0 Å². The van der Waals surface area contributed by atoms with Gasteiger partial charge in [-0.25, -0.2) is 9.67 Å². The van der Waals surface area contributed by atoms with Gasteiger partial charge in [0.2, 0.25) is 0 Å². The molecule has 0 spiro atoms. The summed E-state index contributed by atoms with van der Waals surface area (Å²) < 4.78 is 1.81. The number of aliphatic hydroxyl groups is 1. The maximum atomic E-state index is 12.7. The minimum Gasteiger partial charge on any atom is -0.386 e. The lowest BCUT2D eigenvalue weighted by Crippen LogP contribution is -2.38. The molecule has 2 atom stereocenters. The Balaban J connectivity index is 1.60. The molecule has 1 aromatic carbocycles. The fraction of sp³-hybridized carbons (Fsp3) is 0.316. The number of aromatic nitrogens is 3. The molecular formula is C19H20N4O2. The topological polar surface area (TPSA) is 80.0 Å². The van der Waals surface area contributed by atoms with Gasteiger partial charge in [-0.15, -0.1) is 0 Å². The van der Waals surface area contributed by atoms with Crippen molar-refractivity contribution in [3.05, 3.63) is 58.9 Å². The largest absolute Gasteiger partial charge is 0.386 e. The number of amides is 1. The number of carbonyl (C=O) groups is 1. The molecule has 3 aromatic rings. The van der Waals surface area contributed by atoms with Crippen LogP contribution in [0, 0.1) is 6.92 Å². The maximum absolute atomic E-state index is 12.7. The molecule has 6 heteroatoms. The van der Waals surface area contributed by atoms with Crippen molar-refractivity contribution >= 4 is 16.9 Å². The molecule has 1 aliphatic carbocycles. The van der Waals surface area contributed by atoms with E-state index in [1.807, 2.05) is 44.2 Å². The van der Waals surface area contributed by atoms with Crippen molar-refractivity contribution in [2.24, 2.45) is 0 Å². The average Bonchev–Trinajstić information content (AvgIpc) is 3.15.